The van der Waals surface area contributed by atoms with E-state index in [-0.39, 0.29) is 64.8 Å². The van der Waals surface area contributed by atoms with Crippen LogP contribution in [0.1, 0.15) is 79.2 Å². The van der Waals surface area contributed by atoms with Crippen LogP contribution in [0.4, 0.5) is 0 Å². The first-order valence-corrected chi connectivity index (χ1v) is 19.1. The van der Waals surface area contributed by atoms with Gasteiger partial charge in [0.1, 0.15) is 11.8 Å². The van der Waals surface area contributed by atoms with Gasteiger partial charge in [-0.3, -0.25) is 19.2 Å². The number of rotatable bonds is 20. The number of benzene rings is 1. The van der Waals surface area contributed by atoms with Crippen molar-refractivity contribution < 1.29 is 29.0 Å². The molecule has 1 saturated heterocycles. The normalized spacial score (nSPS) is 18.4. The molecule has 1 aliphatic rings. The summed E-state index contributed by atoms with van der Waals surface area (Å²) in [5.41, 5.74) is 0.947. The van der Waals surface area contributed by atoms with Crippen LogP contribution in [0.25, 0.3) is 0 Å². The van der Waals surface area contributed by atoms with E-state index in [9.17, 15) is 24.3 Å². The van der Waals surface area contributed by atoms with Crippen molar-refractivity contribution in [3.05, 3.63) is 29.8 Å². The minimum atomic E-state index is -0.733. The molecular weight excluding hydrogens is 643 g/mol. The average Bonchev–Trinajstić information content (AvgIpc) is 3.55. The second-order valence-electron chi connectivity index (χ2n) is 14.1. The van der Waals surface area contributed by atoms with Gasteiger partial charge in [0.25, 0.3) is 0 Å². The number of carbonyl (C=O) groups is 4. The van der Waals surface area contributed by atoms with E-state index in [1.54, 1.807) is 56.1 Å². The highest BCUT2D eigenvalue weighted by Crippen LogP contribution is 2.31. The summed E-state index contributed by atoms with van der Waals surface area (Å²) in [5.74, 6) is -0.415. The minimum absolute atomic E-state index is 0.0211. The molecule has 0 radical (unpaired) electrons. The van der Waals surface area contributed by atoms with Crippen LogP contribution in [0.2, 0.25) is 0 Å². The van der Waals surface area contributed by atoms with Crippen LogP contribution >= 0.6 is 11.8 Å². The smallest absolute Gasteiger partial charge is 0.245 e. The molecule has 49 heavy (non-hydrogen) atoms. The monoisotopic (exact) mass is 705 g/mol. The molecule has 0 aromatic heterocycles. The molecule has 12 heteroatoms. The van der Waals surface area contributed by atoms with Gasteiger partial charge in [0.15, 0.2) is 0 Å². The molecular formula is C37H63N5O6S. The lowest BCUT2D eigenvalue weighted by Gasteiger charge is -2.40. The summed E-state index contributed by atoms with van der Waals surface area (Å²) in [6.07, 6.45) is 4.88. The van der Waals surface area contributed by atoms with E-state index in [1.165, 1.54) is 0 Å². The Morgan fingerprint density at radius 2 is 1.76 bits per heavy atom. The number of amides is 4. The summed E-state index contributed by atoms with van der Waals surface area (Å²) in [7, 11) is 5.07. The van der Waals surface area contributed by atoms with E-state index in [0.29, 0.717) is 25.9 Å². The second kappa shape index (κ2) is 20.7. The first kappa shape index (κ1) is 42.3. The van der Waals surface area contributed by atoms with Crippen molar-refractivity contribution in [1.82, 2.24) is 25.8 Å². The van der Waals surface area contributed by atoms with Crippen LogP contribution in [-0.4, -0.2) is 115 Å². The number of hydrogen-bond acceptors (Lipinski definition) is 8. The predicted octanol–water partition coefficient (Wildman–Crippen LogP) is 3.83. The molecule has 0 spiro atoms. The Hall–Kier alpha value is -2.83. The van der Waals surface area contributed by atoms with E-state index >= 15 is 0 Å². The summed E-state index contributed by atoms with van der Waals surface area (Å²) < 4.78 is 6.00. The van der Waals surface area contributed by atoms with Crippen LogP contribution in [0.15, 0.2) is 24.3 Å². The van der Waals surface area contributed by atoms with Crippen molar-refractivity contribution in [2.45, 2.75) is 116 Å². The third kappa shape index (κ3) is 12.2. The molecule has 0 saturated carbocycles. The number of carbonyl (C=O) groups excluding carboxylic acids is 4. The summed E-state index contributed by atoms with van der Waals surface area (Å²) in [4.78, 5) is 57.8. The molecule has 7 atom stereocenters. The molecule has 1 aliphatic heterocycles. The predicted molar refractivity (Wildman–Crippen MR) is 197 cm³/mol. The van der Waals surface area contributed by atoms with Crippen molar-refractivity contribution in [2.24, 2.45) is 17.8 Å². The van der Waals surface area contributed by atoms with Crippen LogP contribution in [-0.2, 0) is 30.3 Å². The Morgan fingerprint density at radius 3 is 2.31 bits per heavy atom. The molecule has 1 aromatic carbocycles. The van der Waals surface area contributed by atoms with E-state index in [4.69, 9.17) is 4.74 Å². The summed E-state index contributed by atoms with van der Waals surface area (Å²) in [6, 6.07) is 5.37. The number of ether oxygens (including phenoxy) is 1. The maximum atomic E-state index is 14.1. The van der Waals surface area contributed by atoms with E-state index in [1.807, 2.05) is 44.9 Å². The number of likely N-dealkylation sites (tertiary alicyclic amines) is 1. The van der Waals surface area contributed by atoms with Crippen LogP contribution < -0.4 is 16.0 Å². The number of methoxy groups -OCH3 is 1. The summed E-state index contributed by atoms with van der Waals surface area (Å²) in [6.45, 7) is 12.9. The molecule has 278 valence electrons. The molecule has 0 bridgehead atoms. The number of hydrogen-bond donors (Lipinski definition) is 4. The third-order valence-corrected chi connectivity index (χ3v) is 11.0. The number of likely N-dealkylation sites (N-methyl/N-ethyl adjacent to an activating group) is 2. The molecule has 4 amide bonds. The van der Waals surface area contributed by atoms with Crippen molar-refractivity contribution >= 4 is 35.4 Å². The van der Waals surface area contributed by atoms with Gasteiger partial charge >= 0.3 is 0 Å². The first-order chi connectivity index (χ1) is 23.2. The molecule has 1 aromatic rings. The molecule has 7 unspecified atom stereocenters. The maximum Gasteiger partial charge on any atom is 0.245 e. The van der Waals surface area contributed by atoms with Gasteiger partial charge in [0, 0.05) is 45.0 Å². The van der Waals surface area contributed by atoms with E-state index < -0.39 is 24.2 Å². The number of phenols is 1. The van der Waals surface area contributed by atoms with Crippen molar-refractivity contribution in [3.8, 4) is 5.75 Å². The molecule has 1 fully saturated rings. The Bertz CT molecular complexity index is 1220. The molecule has 4 N–H and O–H groups in total. The number of nitrogens with zero attached hydrogens (tertiary/aromatic N) is 2. The number of nitrogens with one attached hydrogen (secondary N) is 3. The van der Waals surface area contributed by atoms with Crippen LogP contribution in [0.5, 0.6) is 5.75 Å². The highest BCUT2D eigenvalue weighted by molar-refractivity contribution is 7.99. The van der Waals surface area contributed by atoms with Crippen molar-refractivity contribution in [2.75, 3.05) is 40.6 Å². The Kier molecular flexibility index (Phi) is 17.9. The standard InChI is InChI=1S/C37H63N5O6S/c1-11-25(6)35(41(8)37(47)34(24(4)5)40-36(46)33(38-7)23(2)3)29(48-9)21-32(45)42-19-13-16-28(42)30(49-10)22-31(44)39-18-17-26-14-12-15-27(43)20-26/h12,14-15,20,23-25,28-30,33-35,38,43H,11,13,16-19,21-22H2,1-10H3,(H,39,44)(H,40,46). The average molecular weight is 706 g/mol. The highest BCUT2D eigenvalue weighted by atomic mass is 32.2. The number of aromatic hydroxyl groups is 1. The summed E-state index contributed by atoms with van der Waals surface area (Å²) in [5, 5.41) is 18.7. The first-order valence-electron chi connectivity index (χ1n) is 17.8. The lowest BCUT2D eigenvalue weighted by Crippen LogP contribution is -2.59. The lowest BCUT2D eigenvalue weighted by atomic mass is 9.89. The van der Waals surface area contributed by atoms with Gasteiger partial charge < -0.3 is 35.6 Å². The molecule has 11 nitrogen and oxygen atoms in total. The van der Waals surface area contributed by atoms with Gasteiger partial charge in [-0.05, 0) is 68.0 Å². The Balaban J connectivity index is 2.15. The SMILES string of the molecule is CCC(C)C(C(CC(=O)N1CCCC1C(CC(=O)NCCc1cccc(O)c1)SC)OC)N(C)C(=O)C(NC(=O)C(NC)C(C)C)C(C)C. The Morgan fingerprint density at radius 1 is 1.08 bits per heavy atom. The zero-order chi connectivity index (χ0) is 36.8. The quantitative estimate of drug-likeness (QED) is 0.161. The highest BCUT2D eigenvalue weighted by Gasteiger charge is 2.41. The van der Waals surface area contributed by atoms with Gasteiger partial charge in [-0.25, -0.2) is 0 Å². The number of phenolic OH excluding ortho intramolecular Hbond substituents is 1. The second-order valence-corrected chi connectivity index (χ2v) is 15.2. The van der Waals surface area contributed by atoms with Gasteiger partial charge in [-0.2, -0.15) is 11.8 Å². The summed E-state index contributed by atoms with van der Waals surface area (Å²) >= 11 is 1.60. The maximum absolute atomic E-state index is 14.1. The minimum Gasteiger partial charge on any atom is -0.508 e. The number of thioether (sulfide) groups is 1. The fourth-order valence-corrected chi connectivity index (χ4v) is 7.86. The lowest BCUT2D eigenvalue weighted by molar-refractivity contribution is -0.146. The fourth-order valence-electron chi connectivity index (χ4n) is 6.94. The largest absolute Gasteiger partial charge is 0.508 e. The van der Waals surface area contributed by atoms with Gasteiger partial charge in [0.05, 0.1) is 24.6 Å². The van der Waals surface area contributed by atoms with Gasteiger partial charge in [-0.15, -0.1) is 0 Å². The van der Waals surface area contributed by atoms with Crippen molar-refractivity contribution in [3.63, 3.8) is 0 Å². The Labute approximate surface area is 299 Å². The van der Waals surface area contributed by atoms with Gasteiger partial charge in [-0.1, -0.05) is 60.1 Å². The molecule has 1 heterocycles. The van der Waals surface area contributed by atoms with Crippen LogP contribution in [0, 0.1) is 17.8 Å². The van der Waals surface area contributed by atoms with E-state index in [2.05, 4.69) is 29.8 Å². The van der Waals surface area contributed by atoms with Crippen molar-refractivity contribution in [1.29, 1.82) is 0 Å². The zero-order valence-electron chi connectivity index (χ0n) is 31.5. The topological polar surface area (TPSA) is 140 Å². The van der Waals surface area contributed by atoms with E-state index in [0.717, 1.165) is 24.8 Å². The molecule has 0 aliphatic carbocycles. The zero-order valence-corrected chi connectivity index (χ0v) is 32.3. The fraction of sp³-hybridized carbons (Fsp3) is 0.730. The third-order valence-electron chi connectivity index (χ3n) is 9.96. The molecule has 2 rings (SSSR count). The van der Waals surface area contributed by atoms with Gasteiger partial charge in [0.2, 0.25) is 23.6 Å². The van der Waals surface area contributed by atoms with Crippen LogP contribution in [0.3, 0.4) is 0 Å².